The van der Waals surface area contributed by atoms with E-state index in [1.165, 1.54) is 0 Å². The van der Waals surface area contributed by atoms with Crippen molar-refractivity contribution in [3.8, 4) is 22.9 Å². The zero-order chi connectivity index (χ0) is 26.7. The van der Waals surface area contributed by atoms with Crippen molar-refractivity contribution in [1.29, 1.82) is 0 Å². The number of amides is 1. The quantitative estimate of drug-likeness (QED) is 0.210. The summed E-state index contributed by atoms with van der Waals surface area (Å²) in [6, 6.07) is 17.3. The number of rotatable bonds is 10. The van der Waals surface area contributed by atoms with Crippen molar-refractivity contribution in [3.63, 3.8) is 0 Å². The first-order valence-corrected chi connectivity index (χ1v) is 13.4. The van der Waals surface area contributed by atoms with E-state index in [0.717, 1.165) is 30.4 Å². The van der Waals surface area contributed by atoms with Crippen LogP contribution in [0, 0.1) is 0 Å². The molecule has 1 saturated carbocycles. The molecule has 11 nitrogen and oxygen atoms in total. The Bertz CT molecular complexity index is 1430. The van der Waals surface area contributed by atoms with Gasteiger partial charge >= 0.3 is 6.01 Å². The van der Waals surface area contributed by atoms with Crippen LogP contribution < -0.4 is 15.4 Å². The van der Waals surface area contributed by atoms with E-state index in [2.05, 4.69) is 25.7 Å². The molecule has 0 radical (unpaired) electrons. The van der Waals surface area contributed by atoms with Crippen LogP contribution in [-0.4, -0.2) is 80.8 Å². The number of benzene rings is 2. The van der Waals surface area contributed by atoms with E-state index in [0.29, 0.717) is 68.3 Å². The minimum absolute atomic E-state index is 0.0177. The standard InChI is InChI=1S/C28H31N7O4/c36-26(31-22-11-12-22)21-9-7-20(8-10-21)24-19-30-34-25(24)32-28(39-23-5-2-1-3-6-23)33-27(34)29-13-4-14-35(37)15-17-38-18-16-35/h1-3,5-10,19,22,37H,4,11-18H2,(H-,29,30,31,32,33,36)/p+1. The molecule has 3 N–H and O–H groups in total. The van der Waals surface area contributed by atoms with E-state index in [1.54, 1.807) is 10.7 Å². The molecule has 2 fully saturated rings. The number of carbonyl (C=O) groups excluding carboxylic acids is 1. The summed E-state index contributed by atoms with van der Waals surface area (Å²) in [5.74, 6) is 1.06. The molecule has 1 aliphatic heterocycles. The third kappa shape index (κ3) is 6.00. The smallest absolute Gasteiger partial charge is 0.327 e. The zero-order valence-corrected chi connectivity index (χ0v) is 21.6. The van der Waals surface area contributed by atoms with Gasteiger partial charge in [0.15, 0.2) is 5.65 Å². The maximum Gasteiger partial charge on any atom is 0.327 e. The van der Waals surface area contributed by atoms with Crippen molar-refractivity contribution in [1.82, 2.24) is 24.9 Å². The molecule has 39 heavy (non-hydrogen) atoms. The Labute approximate surface area is 226 Å². The van der Waals surface area contributed by atoms with Crippen molar-refractivity contribution in [2.24, 2.45) is 0 Å². The van der Waals surface area contributed by atoms with Crippen LogP contribution in [0.25, 0.3) is 16.8 Å². The minimum atomic E-state index is -0.0553. The Morgan fingerprint density at radius 1 is 1.08 bits per heavy atom. The molecule has 1 saturated heterocycles. The number of hydroxylamine groups is 3. The summed E-state index contributed by atoms with van der Waals surface area (Å²) in [7, 11) is 0. The van der Waals surface area contributed by atoms with Gasteiger partial charge in [0.05, 0.1) is 19.4 Å². The third-order valence-corrected chi connectivity index (χ3v) is 7.01. The number of carbonyl (C=O) groups is 1. The van der Waals surface area contributed by atoms with E-state index in [4.69, 9.17) is 9.47 Å². The molecule has 1 amide bonds. The molecule has 202 valence electrons. The van der Waals surface area contributed by atoms with Gasteiger partial charge in [-0.2, -0.15) is 24.2 Å². The van der Waals surface area contributed by atoms with Gasteiger partial charge in [0, 0.05) is 30.1 Å². The van der Waals surface area contributed by atoms with Crippen LogP contribution in [0.15, 0.2) is 60.8 Å². The van der Waals surface area contributed by atoms with Crippen LogP contribution in [-0.2, 0) is 4.74 Å². The van der Waals surface area contributed by atoms with Crippen LogP contribution in [0.4, 0.5) is 5.95 Å². The monoisotopic (exact) mass is 530 g/mol. The van der Waals surface area contributed by atoms with E-state index < -0.39 is 0 Å². The first-order chi connectivity index (χ1) is 19.1. The number of ether oxygens (including phenoxy) is 2. The molecule has 0 unspecified atom stereocenters. The van der Waals surface area contributed by atoms with Gasteiger partial charge in [0.1, 0.15) is 25.4 Å². The predicted molar refractivity (Wildman–Crippen MR) is 144 cm³/mol. The van der Waals surface area contributed by atoms with Crippen LogP contribution in [0.5, 0.6) is 11.8 Å². The second-order valence-electron chi connectivity index (χ2n) is 10.0. The Morgan fingerprint density at radius 3 is 2.59 bits per heavy atom. The molecule has 0 atom stereocenters. The number of nitrogens with one attached hydrogen (secondary N) is 2. The highest BCUT2D eigenvalue weighted by molar-refractivity contribution is 5.95. The second-order valence-corrected chi connectivity index (χ2v) is 10.0. The number of aromatic nitrogens is 4. The molecular weight excluding hydrogens is 498 g/mol. The molecule has 6 rings (SSSR count). The van der Waals surface area contributed by atoms with Crippen molar-refractivity contribution in [2.75, 3.05) is 44.7 Å². The molecule has 2 aromatic heterocycles. The molecule has 1 aliphatic carbocycles. The number of nitrogens with zero attached hydrogens (tertiary/aromatic N) is 5. The average Bonchev–Trinajstić information content (AvgIpc) is 3.67. The number of hydrogen-bond donors (Lipinski definition) is 3. The topological polar surface area (TPSA) is 123 Å². The average molecular weight is 531 g/mol. The number of quaternary nitrogens is 1. The van der Waals surface area contributed by atoms with Crippen LogP contribution in [0.2, 0.25) is 0 Å². The zero-order valence-electron chi connectivity index (χ0n) is 21.6. The van der Waals surface area contributed by atoms with Crippen LogP contribution >= 0.6 is 0 Å². The van der Waals surface area contributed by atoms with Crippen molar-refractivity contribution < 1.29 is 24.1 Å². The molecule has 3 heterocycles. The summed E-state index contributed by atoms with van der Waals surface area (Å²) in [5.41, 5.74) is 2.87. The second kappa shape index (κ2) is 11.0. The van der Waals surface area contributed by atoms with Gasteiger partial charge < -0.3 is 20.1 Å². The Kier molecular flexibility index (Phi) is 7.10. The first kappa shape index (κ1) is 25.2. The summed E-state index contributed by atoms with van der Waals surface area (Å²) >= 11 is 0. The normalized spacial score (nSPS) is 16.6. The summed E-state index contributed by atoms with van der Waals surface area (Å²) in [6.07, 6.45) is 4.56. The van der Waals surface area contributed by atoms with Crippen molar-refractivity contribution >= 4 is 17.5 Å². The summed E-state index contributed by atoms with van der Waals surface area (Å²) in [4.78, 5) is 21.7. The number of morpholine rings is 1. The van der Waals surface area contributed by atoms with Crippen molar-refractivity contribution in [2.45, 2.75) is 25.3 Å². The number of anilines is 1. The maximum absolute atomic E-state index is 12.4. The maximum atomic E-state index is 12.4. The molecule has 0 spiro atoms. The largest absolute Gasteiger partial charge is 0.424 e. The highest BCUT2D eigenvalue weighted by atomic mass is 16.6. The molecule has 0 bridgehead atoms. The lowest BCUT2D eigenvalue weighted by Gasteiger charge is -2.33. The van der Waals surface area contributed by atoms with Gasteiger partial charge in [-0.3, -0.25) is 4.79 Å². The van der Waals surface area contributed by atoms with Crippen LogP contribution in [0.3, 0.4) is 0 Å². The SMILES string of the molecule is O=C(NC1CC1)c1ccc(-c2cnn3c(NCCC[N+]4(O)CCOCC4)nc(Oc4ccccc4)nc23)cc1. The first-order valence-electron chi connectivity index (χ1n) is 13.4. The van der Waals surface area contributed by atoms with Crippen LogP contribution in [0.1, 0.15) is 29.6 Å². The highest BCUT2D eigenvalue weighted by Crippen LogP contribution is 2.28. The number of hydrogen-bond acceptors (Lipinski definition) is 8. The molecular formula is C28H32N7O4+. The third-order valence-electron chi connectivity index (χ3n) is 7.01. The fraction of sp³-hybridized carbons (Fsp3) is 0.357. The summed E-state index contributed by atoms with van der Waals surface area (Å²) < 4.78 is 13.0. The summed E-state index contributed by atoms with van der Waals surface area (Å²) in [6.45, 7) is 3.52. The lowest BCUT2D eigenvalue weighted by atomic mass is 10.1. The fourth-order valence-corrected chi connectivity index (χ4v) is 4.59. The van der Waals surface area contributed by atoms with E-state index in [-0.39, 0.29) is 16.6 Å². The van der Waals surface area contributed by atoms with Gasteiger partial charge in [-0.1, -0.05) is 30.3 Å². The van der Waals surface area contributed by atoms with Crippen molar-refractivity contribution in [3.05, 3.63) is 66.4 Å². The predicted octanol–water partition coefficient (Wildman–Crippen LogP) is 3.51. The van der Waals surface area contributed by atoms with E-state index >= 15 is 0 Å². The molecule has 2 aromatic carbocycles. The molecule has 4 aromatic rings. The summed E-state index contributed by atoms with van der Waals surface area (Å²) in [5, 5.41) is 21.6. The number of fused-ring (bicyclic) bond motifs is 1. The molecule has 11 heteroatoms. The number of para-hydroxylation sites is 1. The lowest BCUT2D eigenvalue weighted by Crippen LogP contribution is -2.53. The highest BCUT2D eigenvalue weighted by Gasteiger charge is 2.28. The molecule has 2 aliphatic rings. The van der Waals surface area contributed by atoms with Gasteiger partial charge in [-0.25, -0.2) is 5.21 Å². The van der Waals surface area contributed by atoms with Gasteiger partial charge in [-0.05, 0) is 42.7 Å². The van der Waals surface area contributed by atoms with Gasteiger partial charge in [0.25, 0.3) is 5.91 Å². The Balaban J connectivity index is 1.25. The Hall–Kier alpha value is -4.06. The Morgan fingerprint density at radius 2 is 1.85 bits per heavy atom. The van der Waals surface area contributed by atoms with E-state index in [9.17, 15) is 10.0 Å². The van der Waals surface area contributed by atoms with E-state index in [1.807, 2.05) is 54.6 Å². The van der Waals surface area contributed by atoms with Gasteiger partial charge in [0.2, 0.25) is 5.95 Å². The van der Waals surface area contributed by atoms with Gasteiger partial charge in [-0.15, -0.1) is 0 Å². The fourth-order valence-electron chi connectivity index (χ4n) is 4.59. The minimum Gasteiger partial charge on any atom is -0.424 e. The lowest BCUT2D eigenvalue weighted by molar-refractivity contribution is -1.11.